The van der Waals surface area contributed by atoms with Gasteiger partial charge in [-0.2, -0.15) is 0 Å². The Bertz CT molecular complexity index is 724. The highest BCUT2D eigenvalue weighted by Crippen LogP contribution is 2.27. The molecule has 2 aromatic rings. The Balaban J connectivity index is 2.18. The lowest BCUT2D eigenvalue weighted by Gasteiger charge is -2.06. The van der Waals surface area contributed by atoms with E-state index in [9.17, 15) is 18.7 Å². The smallest absolute Gasteiger partial charge is 0.185 e. The first-order valence-electron chi connectivity index (χ1n) is 6.64. The summed E-state index contributed by atoms with van der Waals surface area (Å²) in [6.07, 6.45) is 2.75. The summed E-state index contributed by atoms with van der Waals surface area (Å²) in [4.78, 5) is 11.9. The molecule has 0 radical (unpaired) electrons. The van der Waals surface area contributed by atoms with E-state index in [1.807, 2.05) is 0 Å². The van der Waals surface area contributed by atoms with Crippen molar-refractivity contribution in [2.75, 3.05) is 6.61 Å². The topological polar surface area (TPSA) is 46.5 Å². The lowest BCUT2D eigenvalue weighted by molar-refractivity contribution is 0.104. The summed E-state index contributed by atoms with van der Waals surface area (Å²) in [7, 11) is 0. The zero-order valence-corrected chi connectivity index (χ0v) is 11.8. The van der Waals surface area contributed by atoms with Gasteiger partial charge in [-0.05, 0) is 48.9 Å². The Hall–Kier alpha value is -2.69. The van der Waals surface area contributed by atoms with Crippen molar-refractivity contribution in [2.24, 2.45) is 0 Å². The minimum absolute atomic E-state index is 0.00549. The van der Waals surface area contributed by atoms with Crippen LogP contribution in [0.15, 0.2) is 42.5 Å². The van der Waals surface area contributed by atoms with E-state index in [1.165, 1.54) is 24.3 Å². The van der Waals surface area contributed by atoms with Crippen molar-refractivity contribution in [1.82, 2.24) is 0 Å². The predicted octanol–water partition coefficient (Wildman–Crippen LogP) is 3.97. The molecule has 3 nitrogen and oxygen atoms in total. The minimum atomic E-state index is -1.07. The summed E-state index contributed by atoms with van der Waals surface area (Å²) >= 11 is 0. The summed E-state index contributed by atoms with van der Waals surface area (Å²) in [6, 6.07) is 7.61. The number of carbonyl (C=O) groups is 1. The molecule has 1 N–H and O–H groups in total. The Labute approximate surface area is 126 Å². The number of hydrogen-bond donors (Lipinski definition) is 1. The average molecular weight is 304 g/mol. The number of ether oxygens (including phenoxy) is 1. The van der Waals surface area contributed by atoms with Gasteiger partial charge in [-0.1, -0.05) is 12.1 Å². The van der Waals surface area contributed by atoms with Crippen molar-refractivity contribution in [1.29, 1.82) is 0 Å². The first kappa shape index (κ1) is 15.7. The number of halogens is 2. The molecule has 0 bridgehead atoms. The van der Waals surface area contributed by atoms with Crippen LogP contribution in [0.5, 0.6) is 11.5 Å². The summed E-state index contributed by atoms with van der Waals surface area (Å²) in [6.45, 7) is 2.18. The molecule has 22 heavy (non-hydrogen) atoms. The maximum Gasteiger partial charge on any atom is 0.185 e. The van der Waals surface area contributed by atoms with Gasteiger partial charge in [0.2, 0.25) is 0 Å². The van der Waals surface area contributed by atoms with Crippen LogP contribution < -0.4 is 4.74 Å². The highest BCUT2D eigenvalue weighted by molar-refractivity contribution is 6.06. The van der Waals surface area contributed by atoms with Crippen molar-refractivity contribution >= 4 is 11.9 Å². The van der Waals surface area contributed by atoms with Gasteiger partial charge in [0.1, 0.15) is 0 Å². The molecule has 114 valence electrons. The quantitative estimate of drug-likeness (QED) is 0.671. The van der Waals surface area contributed by atoms with E-state index in [0.717, 1.165) is 12.1 Å². The van der Waals surface area contributed by atoms with Gasteiger partial charge in [0.15, 0.2) is 28.9 Å². The standard InChI is InChI=1S/C17H14F2O3/c1-2-22-17-9-11(4-8-16(17)21)3-7-15(20)12-5-6-13(18)14(19)10-12/h3-10,21H,2H2,1H3. The van der Waals surface area contributed by atoms with Crippen LogP contribution in [0.2, 0.25) is 0 Å². The highest BCUT2D eigenvalue weighted by Gasteiger charge is 2.07. The lowest BCUT2D eigenvalue weighted by atomic mass is 10.1. The zero-order valence-electron chi connectivity index (χ0n) is 11.8. The Morgan fingerprint density at radius 3 is 2.64 bits per heavy atom. The van der Waals surface area contributed by atoms with Gasteiger partial charge in [0.05, 0.1) is 6.61 Å². The fourth-order valence-corrected chi connectivity index (χ4v) is 1.82. The number of phenols is 1. The molecule has 0 spiro atoms. The lowest BCUT2D eigenvalue weighted by Crippen LogP contribution is -1.96. The molecule has 0 atom stereocenters. The Kier molecular flexibility index (Phi) is 4.88. The number of phenolic OH excluding ortho intramolecular Hbond substituents is 1. The normalized spacial score (nSPS) is 10.9. The number of benzene rings is 2. The first-order valence-corrected chi connectivity index (χ1v) is 6.64. The fraction of sp³-hybridized carbons (Fsp3) is 0.118. The monoisotopic (exact) mass is 304 g/mol. The van der Waals surface area contributed by atoms with Gasteiger partial charge >= 0.3 is 0 Å². The summed E-state index contributed by atoms with van der Waals surface area (Å²) in [5.74, 6) is -2.20. The van der Waals surface area contributed by atoms with Gasteiger partial charge in [-0.25, -0.2) is 8.78 Å². The van der Waals surface area contributed by atoms with Crippen LogP contribution in [0.1, 0.15) is 22.8 Å². The van der Waals surface area contributed by atoms with Crippen LogP contribution in [0.25, 0.3) is 6.08 Å². The van der Waals surface area contributed by atoms with Crippen LogP contribution in [-0.2, 0) is 0 Å². The molecule has 0 aliphatic heterocycles. The fourth-order valence-electron chi connectivity index (χ4n) is 1.82. The van der Waals surface area contributed by atoms with E-state index in [0.29, 0.717) is 17.9 Å². The third kappa shape index (κ3) is 3.69. The maximum atomic E-state index is 13.1. The molecule has 0 heterocycles. The molecular formula is C17H14F2O3. The van der Waals surface area contributed by atoms with Gasteiger partial charge in [-0.3, -0.25) is 4.79 Å². The average Bonchev–Trinajstić information content (AvgIpc) is 2.50. The largest absolute Gasteiger partial charge is 0.504 e. The molecule has 2 aromatic carbocycles. The van der Waals surface area contributed by atoms with Crippen LogP contribution in [-0.4, -0.2) is 17.5 Å². The van der Waals surface area contributed by atoms with E-state index in [2.05, 4.69) is 0 Å². The molecule has 0 saturated carbocycles. The van der Waals surface area contributed by atoms with E-state index >= 15 is 0 Å². The van der Waals surface area contributed by atoms with Crippen molar-refractivity contribution in [3.8, 4) is 11.5 Å². The van der Waals surface area contributed by atoms with E-state index in [4.69, 9.17) is 4.74 Å². The molecule has 0 aliphatic rings. The molecular weight excluding hydrogens is 290 g/mol. The van der Waals surface area contributed by atoms with Crippen LogP contribution in [0.4, 0.5) is 8.78 Å². The molecule has 0 aliphatic carbocycles. The summed E-state index contributed by atoms with van der Waals surface area (Å²) in [5.41, 5.74) is 0.691. The molecule has 0 unspecified atom stereocenters. The van der Waals surface area contributed by atoms with Crippen molar-refractivity contribution in [2.45, 2.75) is 6.92 Å². The number of ketones is 1. The third-order valence-corrected chi connectivity index (χ3v) is 2.91. The van der Waals surface area contributed by atoms with Gasteiger partial charge in [0, 0.05) is 5.56 Å². The second kappa shape index (κ2) is 6.85. The Morgan fingerprint density at radius 2 is 1.95 bits per heavy atom. The number of allylic oxidation sites excluding steroid dienone is 1. The SMILES string of the molecule is CCOc1cc(C=CC(=O)c2ccc(F)c(F)c2)ccc1O. The zero-order chi connectivity index (χ0) is 16.1. The predicted molar refractivity (Wildman–Crippen MR) is 79.0 cm³/mol. The molecule has 0 fully saturated rings. The maximum absolute atomic E-state index is 13.1. The van der Waals surface area contributed by atoms with Crippen molar-refractivity contribution in [3.63, 3.8) is 0 Å². The van der Waals surface area contributed by atoms with Crippen molar-refractivity contribution < 1.29 is 23.4 Å². The van der Waals surface area contributed by atoms with Gasteiger partial charge in [0.25, 0.3) is 0 Å². The minimum Gasteiger partial charge on any atom is -0.504 e. The number of carbonyl (C=O) groups excluding carboxylic acids is 1. The summed E-state index contributed by atoms with van der Waals surface area (Å²) < 4.78 is 31.2. The van der Waals surface area contributed by atoms with Crippen LogP contribution in [0.3, 0.4) is 0 Å². The number of hydrogen-bond acceptors (Lipinski definition) is 3. The number of rotatable bonds is 5. The Morgan fingerprint density at radius 1 is 1.18 bits per heavy atom. The van der Waals surface area contributed by atoms with Crippen LogP contribution >= 0.6 is 0 Å². The van der Waals surface area contributed by atoms with E-state index < -0.39 is 17.4 Å². The van der Waals surface area contributed by atoms with Crippen LogP contribution in [0, 0.1) is 11.6 Å². The summed E-state index contributed by atoms with van der Waals surface area (Å²) in [5, 5.41) is 9.58. The second-order valence-electron chi connectivity index (χ2n) is 4.49. The second-order valence-corrected chi connectivity index (χ2v) is 4.49. The van der Waals surface area contributed by atoms with Gasteiger partial charge in [-0.15, -0.1) is 0 Å². The molecule has 0 amide bonds. The van der Waals surface area contributed by atoms with Gasteiger partial charge < -0.3 is 9.84 Å². The molecule has 0 saturated heterocycles. The first-order chi connectivity index (χ1) is 10.5. The molecule has 0 aromatic heterocycles. The van der Waals surface area contributed by atoms with Crippen molar-refractivity contribution in [3.05, 3.63) is 65.2 Å². The molecule has 2 rings (SSSR count). The third-order valence-electron chi connectivity index (χ3n) is 2.91. The number of aromatic hydroxyl groups is 1. The highest BCUT2D eigenvalue weighted by atomic mass is 19.2. The van der Waals surface area contributed by atoms with E-state index in [-0.39, 0.29) is 11.3 Å². The molecule has 5 heteroatoms. The van der Waals surface area contributed by atoms with E-state index in [1.54, 1.807) is 19.1 Å².